The molecule has 23 heavy (non-hydrogen) atoms. The molecule has 0 radical (unpaired) electrons. The summed E-state index contributed by atoms with van der Waals surface area (Å²) in [4.78, 5) is 34.1. The third kappa shape index (κ3) is 5.67. The van der Waals surface area contributed by atoms with E-state index in [1.54, 1.807) is 6.92 Å². The first kappa shape index (κ1) is 18.6. The smallest absolute Gasteiger partial charge is 0.255 e. The summed E-state index contributed by atoms with van der Waals surface area (Å²) >= 11 is 6.04. The molecule has 0 heterocycles. The number of likely N-dealkylation sites (N-methyl/N-ethyl adjacent to an activating group) is 1. The molecule has 0 fully saturated rings. The lowest BCUT2D eigenvalue weighted by Gasteiger charge is -2.13. The molecule has 0 aliphatic heterocycles. The normalized spacial score (nSPS) is 9.87. The van der Waals surface area contributed by atoms with Crippen LogP contribution in [0.25, 0.3) is 0 Å². The number of methoxy groups -OCH3 is 1. The predicted octanol–water partition coefficient (Wildman–Crippen LogP) is 0.0786. The number of ether oxygens (including phenoxy) is 2. The molecule has 0 bridgehead atoms. The zero-order chi connectivity index (χ0) is 17.4. The topological polar surface area (TPSA) is 120 Å². The van der Waals surface area contributed by atoms with Crippen LogP contribution in [0, 0.1) is 0 Å². The van der Waals surface area contributed by atoms with E-state index in [4.69, 9.17) is 26.8 Å². The van der Waals surface area contributed by atoms with Crippen molar-refractivity contribution < 1.29 is 23.9 Å². The van der Waals surface area contributed by atoms with Crippen molar-refractivity contribution in [3.63, 3.8) is 0 Å². The van der Waals surface area contributed by atoms with Gasteiger partial charge in [0.1, 0.15) is 0 Å². The zero-order valence-corrected chi connectivity index (χ0v) is 13.5. The first-order valence-electron chi connectivity index (χ1n) is 6.72. The van der Waals surface area contributed by atoms with Crippen molar-refractivity contribution >= 4 is 29.3 Å². The summed E-state index contributed by atoms with van der Waals surface area (Å²) in [6, 6.07) is 2.72. The molecule has 3 amide bonds. The molecule has 0 aromatic heterocycles. The Kier molecular flexibility index (Phi) is 7.14. The van der Waals surface area contributed by atoms with Crippen molar-refractivity contribution in [1.29, 1.82) is 0 Å². The van der Waals surface area contributed by atoms with E-state index in [2.05, 4.69) is 10.6 Å². The summed E-state index contributed by atoms with van der Waals surface area (Å²) in [5.74, 6) is -1.21. The second-order valence-electron chi connectivity index (χ2n) is 4.38. The Hall–Kier alpha value is -2.48. The lowest BCUT2D eigenvalue weighted by atomic mass is 10.2. The van der Waals surface area contributed by atoms with E-state index in [0.717, 1.165) is 0 Å². The Morgan fingerprint density at radius 3 is 2.52 bits per heavy atom. The van der Waals surface area contributed by atoms with Gasteiger partial charge in [0.05, 0.1) is 18.7 Å². The number of carbonyl (C=O) groups is 3. The molecule has 126 valence electrons. The molecular weight excluding hydrogens is 326 g/mol. The maximum Gasteiger partial charge on any atom is 0.255 e. The Balaban J connectivity index is 2.88. The molecular formula is C14H18ClN3O5. The summed E-state index contributed by atoms with van der Waals surface area (Å²) < 4.78 is 10.3. The molecule has 0 aliphatic rings. The second-order valence-corrected chi connectivity index (χ2v) is 4.79. The van der Waals surface area contributed by atoms with Crippen LogP contribution >= 0.6 is 11.6 Å². The summed E-state index contributed by atoms with van der Waals surface area (Å²) in [6.07, 6.45) is 0. The van der Waals surface area contributed by atoms with E-state index >= 15 is 0 Å². The fourth-order valence-corrected chi connectivity index (χ4v) is 1.92. The number of halogens is 1. The molecule has 0 aliphatic carbocycles. The van der Waals surface area contributed by atoms with Gasteiger partial charge in [-0.3, -0.25) is 14.4 Å². The highest BCUT2D eigenvalue weighted by atomic mass is 35.5. The minimum atomic E-state index is -0.674. The van der Waals surface area contributed by atoms with Crippen molar-refractivity contribution in [2.45, 2.75) is 6.92 Å². The molecule has 1 rings (SSSR count). The van der Waals surface area contributed by atoms with E-state index in [9.17, 15) is 14.4 Å². The monoisotopic (exact) mass is 343 g/mol. The van der Waals surface area contributed by atoms with Crippen LogP contribution in [0.1, 0.15) is 17.3 Å². The van der Waals surface area contributed by atoms with Gasteiger partial charge >= 0.3 is 0 Å². The molecule has 1 aromatic rings. The fourth-order valence-electron chi connectivity index (χ4n) is 1.66. The van der Waals surface area contributed by atoms with Gasteiger partial charge in [0.25, 0.3) is 11.8 Å². The van der Waals surface area contributed by atoms with Crippen LogP contribution < -0.4 is 25.8 Å². The number of carbonyl (C=O) groups excluding carboxylic acids is 3. The van der Waals surface area contributed by atoms with Gasteiger partial charge in [0.15, 0.2) is 18.1 Å². The third-order valence-electron chi connectivity index (χ3n) is 2.63. The molecule has 9 heteroatoms. The number of nitrogens with two attached hydrogens (primary N) is 1. The Morgan fingerprint density at radius 2 is 1.96 bits per heavy atom. The van der Waals surface area contributed by atoms with E-state index in [-0.39, 0.29) is 41.1 Å². The van der Waals surface area contributed by atoms with Crippen LogP contribution in [0.15, 0.2) is 12.1 Å². The van der Waals surface area contributed by atoms with Gasteiger partial charge < -0.3 is 25.8 Å². The fraction of sp³-hybridized carbons (Fsp3) is 0.357. The van der Waals surface area contributed by atoms with Gasteiger partial charge in [0.2, 0.25) is 5.91 Å². The quantitative estimate of drug-likeness (QED) is 0.617. The van der Waals surface area contributed by atoms with Crippen molar-refractivity contribution in [1.82, 2.24) is 10.6 Å². The van der Waals surface area contributed by atoms with Crippen molar-refractivity contribution in [3.05, 3.63) is 22.7 Å². The van der Waals surface area contributed by atoms with Crippen molar-refractivity contribution in [2.75, 3.05) is 26.8 Å². The number of rotatable bonds is 8. The average molecular weight is 344 g/mol. The zero-order valence-electron chi connectivity index (χ0n) is 12.8. The van der Waals surface area contributed by atoms with E-state index in [1.807, 2.05) is 0 Å². The summed E-state index contributed by atoms with van der Waals surface area (Å²) in [5.41, 5.74) is 5.19. The first-order chi connectivity index (χ1) is 10.9. The van der Waals surface area contributed by atoms with E-state index < -0.39 is 11.8 Å². The van der Waals surface area contributed by atoms with Gasteiger partial charge in [-0.2, -0.15) is 0 Å². The summed E-state index contributed by atoms with van der Waals surface area (Å²) in [7, 11) is 1.36. The lowest BCUT2D eigenvalue weighted by molar-refractivity contribution is -0.120. The van der Waals surface area contributed by atoms with Gasteiger partial charge in [-0.05, 0) is 19.1 Å². The minimum absolute atomic E-state index is 0.0776. The predicted molar refractivity (Wildman–Crippen MR) is 83.7 cm³/mol. The van der Waals surface area contributed by atoms with Crippen LogP contribution in [0.3, 0.4) is 0 Å². The highest BCUT2D eigenvalue weighted by molar-refractivity contribution is 6.32. The van der Waals surface area contributed by atoms with E-state index in [0.29, 0.717) is 6.54 Å². The average Bonchev–Trinajstić information content (AvgIpc) is 2.50. The molecule has 0 saturated carbocycles. The second kappa shape index (κ2) is 8.84. The number of benzene rings is 1. The summed E-state index contributed by atoms with van der Waals surface area (Å²) in [6.45, 7) is 1.71. The van der Waals surface area contributed by atoms with Crippen molar-refractivity contribution in [2.24, 2.45) is 5.73 Å². The number of hydrogen-bond donors (Lipinski definition) is 3. The molecule has 0 saturated heterocycles. The SMILES string of the molecule is CCNC(=O)CNC(=O)c1cc(Cl)c(OCC(N)=O)c(OC)c1. The Morgan fingerprint density at radius 1 is 1.26 bits per heavy atom. The van der Waals surface area contributed by atoms with Crippen LogP contribution in [-0.2, 0) is 9.59 Å². The molecule has 0 atom stereocenters. The first-order valence-corrected chi connectivity index (χ1v) is 7.10. The standard InChI is InChI=1S/C14H18ClN3O5/c1-3-17-12(20)6-18-14(21)8-4-9(15)13(10(5-8)22-2)23-7-11(16)19/h4-5H,3,6-7H2,1-2H3,(H2,16,19)(H,17,20)(H,18,21). The maximum absolute atomic E-state index is 12.0. The molecule has 8 nitrogen and oxygen atoms in total. The number of primary amides is 1. The lowest BCUT2D eigenvalue weighted by Crippen LogP contribution is -2.36. The Bertz CT molecular complexity index is 606. The van der Waals surface area contributed by atoms with Crippen LogP contribution in [-0.4, -0.2) is 44.5 Å². The third-order valence-corrected chi connectivity index (χ3v) is 2.91. The number of nitrogens with one attached hydrogen (secondary N) is 2. The summed E-state index contributed by atoms with van der Waals surface area (Å²) in [5, 5.41) is 5.08. The Labute approximate surface area is 138 Å². The molecule has 0 unspecified atom stereocenters. The maximum atomic E-state index is 12.0. The van der Waals surface area contributed by atoms with Gasteiger partial charge in [-0.25, -0.2) is 0 Å². The van der Waals surface area contributed by atoms with Gasteiger partial charge in [-0.1, -0.05) is 11.6 Å². The molecule has 1 aromatic carbocycles. The van der Waals surface area contributed by atoms with Crippen LogP contribution in [0.4, 0.5) is 0 Å². The van der Waals surface area contributed by atoms with Gasteiger partial charge in [-0.15, -0.1) is 0 Å². The van der Waals surface area contributed by atoms with Gasteiger partial charge in [0, 0.05) is 12.1 Å². The number of amides is 3. The molecule has 4 N–H and O–H groups in total. The van der Waals surface area contributed by atoms with E-state index in [1.165, 1.54) is 19.2 Å². The highest BCUT2D eigenvalue weighted by Gasteiger charge is 2.17. The largest absolute Gasteiger partial charge is 0.493 e. The van der Waals surface area contributed by atoms with Crippen LogP contribution in [0.5, 0.6) is 11.5 Å². The number of hydrogen-bond acceptors (Lipinski definition) is 5. The van der Waals surface area contributed by atoms with Crippen LogP contribution in [0.2, 0.25) is 5.02 Å². The van der Waals surface area contributed by atoms with Crippen molar-refractivity contribution in [3.8, 4) is 11.5 Å². The molecule has 0 spiro atoms. The highest BCUT2D eigenvalue weighted by Crippen LogP contribution is 2.36. The minimum Gasteiger partial charge on any atom is -0.493 e.